The molecule has 0 N–H and O–H groups in total. The first-order chi connectivity index (χ1) is 7.81. The standard InChI is InChI=1S/C11H10BrClN2O/c12-9-5-2-1-4-8(9)11-15-14-10(16-11)6-3-7-13/h1-2,4-5H,3,6-7H2. The predicted octanol–water partition coefficient (Wildman–Crippen LogP) is 3.67. The highest BCUT2D eigenvalue weighted by Crippen LogP contribution is 2.26. The van der Waals surface area contributed by atoms with E-state index in [0.717, 1.165) is 22.9 Å². The topological polar surface area (TPSA) is 38.9 Å². The normalized spacial score (nSPS) is 10.6. The fourth-order valence-electron chi connectivity index (χ4n) is 1.32. The summed E-state index contributed by atoms with van der Waals surface area (Å²) in [5, 5.41) is 7.99. The molecule has 16 heavy (non-hydrogen) atoms. The lowest BCUT2D eigenvalue weighted by atomic mass is 10.2. The molecule has 3 nitrogen and oxygen atoms in total. The lowest BCUT2D eigenvalue weighted by Crippen LogP contribution is -1.85. The second-order valence-electron chi connectivity index (χ2n) is 3.27. The quantitative estimate of drug-likeness (QED) is 0.809. The van der Waals surface area contributed by atoms with Crippen LogP contribution in [-0.2, 0) is 6.42 Å². The lowest BCUT2D eigenvalue weighted by molar-refractivity contribution is 0.502. The fourth-order valence-corrected chi connectivity index (χ4v) is 1.90. The summed E-state index contributed by atoms with van der Waals surface area (Å²) in [6.07, 6.45) is 1.57. The average molecular weight is 302 g/mol. The number of nitrogens with zero attached hydrogens (tertiary/aromatic N) is 2. The van der Waals surface area contributed by atoms with E-state index in [1.165, 1.54) is 0 Å². The van der Waals surface area contributed by atoms with Gasteiger partial charge in [-0.2, -0.15) is 0 Å². The third kappa shape index (κ3) is 2.62. The second kappa shape index (κ2) is 5.46. The minimum atomic E-state index is 0.539. The maximum atomic E-state index is 5.60. The molecule has 0 amide bonds. The van der Waals surface area contributed by atoms with E-state index < -0.39 is 0 Å². The van der Waals surface area contributed by atoms with Gasteiger partial charge in [0.15, 0.2) is 0 Å². The van der Waals surface area contributed by atoms with Crippen LogP contribution in [0.25, 0.3) is 11.5 Å². The number of benzene rings is 1. The summed E-state index contributed by atoms with van der Waals surface area (Å²) < 4.78 is 6.49. The van der Waals surface area contributed by atoms with Gasteiger partial charge >= 0.3 is 0 Å². The molecule has 0 aliphatic heterocycles. The molecule has 0 unspecified atom stereocenters. The van der Waals surface area contributed by atoms with Crippen LogP contribution in [0.15, 0.2) is 33.2 Å². The van der Waals surface area contributed by atoms with Crippen LogP contribution in [0.3, 0.4) is 0 Å². The van der Waals surface area contributed by atoms with E-state index in [1.54, 1.807) is 0 Å². The van der Waals surface area contributed by atoms with E-state index in [4.69, 9.17) is 16.0 Å². The Hall–Kier alpha value is -0.870. The van der Waals surface area contributed by atoms with Crippen molar-refractivity contribution in [3.8, 4) is 11.5 Å². The van der Waals surface area contributed by atoms with Gasteiger partial charge in [-0.25, -0.2) is 0 Å². The molecule has 0 saturated heterocycles. The monoisotopic (exact) mass is 300 g/mol. The zero-order chi connectivity index (χ0) is 11.4. The summed E-state index contributed by atoms with van der Waals surface area (Å²) in [5.74, 6) is 1.77. The maximum absolute atomic E-state index is 5.60. The summed E-state index contributed by atoms with van der Waals surface area (Å²) in [5.41, 5.74) is 0.909. The molecule has 2 aromatic rings. The van der Waals surface area contributed by atoms with Gasteiger partial charge in [0.25, 0.3) is 0 Å². The number of alkyl halides is 1. The first-order valence-corrected chi connectivity index (χ1v) is 6.27. The Labute approximate surface area is 107 Å². The maximum Gasteiger partial charge on any atom is 0.248 e. The van der Waals surface area contributed by atoms with E-state index in [2.05, 4.69) is 26.1 Å². The van der Waals surface area contributed by atoms with Crippen molar-refractivity contribution in [3.63, 3.8) is 0 Å². The molecule has 2 rings (SSSR count). The highest BCUT2D eigenvalue weighted by molar-refractivity contribution is 9.10. The van der Waals surface area contributed by atoms with Crippen LogP contribution in [-0.4, -0.2) is 16.1 Å². The third-order valence-electron chi connectivity index (χ3n) is 2.10. The van der Waals surface area contributed by atoms with Crippen LogP contribution < -0.4 is 0 Å². The third-order valence-corrected chi connectivity index (χ3v) is 3.05. The fraction of sp³-hybridized carbons (Fsp3) is 0.273. The van der Waals surface area contributed by atoms with Crippen LogP contribution in [0, 0.1) is 0 Å². The van der Waals surface area contributed by atoms with E-state index in [-0.39, 0.29) is 0 Å². The molecule has 1 aromatic carbocycles. The molecule has 0 radical (unpaired) electrons. The zero-order valence-corrected chi connectivity index (χ0v) is 10.8. The van der Waals surface area contributed by atoms with E-state index in [0.29, 0.717) is 17.7 Å². The van der Waals surface area contributed by atoms with Gasteiger partial charge in [-0.05, 0) is 34.5 Å². The SMILES string of the molecule is ClCCCc1nnc(-c2ccccc2Br)o1. The van der Waals surface area contributed by atoms with Gasteiger partial charge in [-0.1, -0.05) is 12.1 Å². The van der Waals surface area contributed by atoms with Crippen LogP contribution in [0.4, 0.5) is 0 Å². The summed E-state index contributed by atoms with van der Waals surface area (Å²) in [7, 11) is 0. The van der Waals surface area contributed by atoms with Crippen molar-refractivity contribution in [1.29, 1.82) is 0 Å². The number of aryl methyl sites for hydroxylation is 1. The van der Waals surface area contributed by atoms with Crippen molar-refractivity contribution in [2.75, 3.05) is 5.88 Å². The number of hydrogen-bond donors (Lipinski definition) is 0. The Morgan fingerprint density at radius 3 is 2.81 bits per heavy atom. The van der Waals surface area contributed by atoms with Crippen molar-refractivity contribution in [1.82, 2.24) is 10.2 Å². The Morgan fingerprint density at radius 2 is 2.06 bits per heavy atom. The Morgan fingerprint density at radius 1 is 1.25 bits per heavy atom. The van der Waals surface area contributed by atoms with E-state index in [1.807, 2.05) is 24.3 Å². The smallest absolute Gasteiger partial charge is 0.248 e. The van der Waals surface area contributed by atoms with E-state index in [9.17, 15) is 0 Å². The molecule has 0 aliphatic rings. The van der Waals surface area contributed by atoms with Gasteiger partial charge in [-0.15, -0.1) is 21.8 Å². The molecule has 1 aromatic heterocycles. The van der Waals surface area contributed by atoms with Crippen LogP contribution in [0.2, 0.25) is 0 Å². The van der Waals surface area contributed by atoms with Crippen LogP contribution in [0.1, 0.15) is 12.3 Å². The van der Waals surface area contributed by atoms with Gasteiger partial charge in [0.05, 0.1) is 5.56 Å². The molecule has 84 valence electrons. The number of rotatable bonds is 4. The van der Waals surface area contributed by atoms with Crippen molar-refractivity contribution in [3.05, 3.63) is 34.6 Å². The molecule has 5 heteroatoms. The van der Waals surface area contributed by atoms with Gasteiger partial charge in [0.2, 0.25) is 11.8 Å². The number of aromatic nitrogens is 2. The van der Waals surface area contributed by atoms with Crippen molar-refractivity contribution < 1.29 is 4.42 Å². The van der Waals surface area contributed by atoms with E-state index >= 15 is 0 Å². The minimum absolute atomic E-state index is 0.539. The first kappa shape index (κ1) is 11.6. The molecule has 0 bridgehead atoms. The van der Waals surface area contributed by atoms with Gasteiger partial charge in [-0.3, -0.25) is 0 Å². The van der Waals surface area contributed by atoms with Gasteiger partial charge < -0.3 is 4.42 Å². The summed E-state index contributed by atoms with van der Waals surface area (Å²) >= 11 is 9.05. The first-order valence-electron chi connectivity index (χ1n) is 4.94. The molecule has 0 aliphatic carbocycles. The van der Waals surface area contributed by atoms with Crippen LogP contribution in [0.5, 0.6) is 0 Å². The second-order valence-corrected chi connectivity index (χ2v) is 4.51. The molecule has 0 spiro atoms. The van der Waals surface area contributed by atoms with Crippen molar-refractivity contribution in [2.24, 2.45) is 0 Å². The van der Waals surface area contributed by atoms with Crippen LogP contribution >= 0.6 is 27.5 Å². The highest BCUT2D eigenvalue weighted by atomic mass is 79.9. The molecular formula is C11H10BrClN2O. The Kier molecular flexibility index (Phi) is 3.96. The number of hydrogen-bond acceptors (Lipinski definition) is 3. The van der Waals surface area contributed by atoms with Gasteiger partial charge in [0.1, 0.15) is 0 Å². The molecule has 1 heterocycles. The summed E-state index contributed by atoms with van der Waals surface area (Å²) in [6.45, 7) is 0. The summed E-state index contributed by atoms with van der Waals surface area (Å²) in [6, 6.07) is 7.75. The molecular weight excluding hydrogens is 291 g/mol. The minimum Gasteiger partial charge on any atom is -0.421 e. The Balaban J connectivity index is 2.22. The average Bonchev–Trinajstić information content (AvgIpc) is 2.75. The Bertz CT molecular complexity index is 473. The zero-order valence-electron chi connectivity index (χ0n) is 8.49. The predicted molar refractivity (Wildman–Crippen MR) is 66.5 cm³/mol. The molecule has 0 fully saturated rings. The molecule has 0 saturated carbocycles. The molecule has 0 atom stereocenters. The lowest BCUT2D eigenvalue weighted by Gasteiger charge is -1.97. The van der Waals surface area contributed by atoms with Crippen molar-refractivity contribution in [2.45, 2.75) is 12.8 Å². The van der Waals surface area contributed by atoms with Crippen molar-refractivity contribution >= 4 is 27.5 Å². The largest absolute Gasteiger partial charge is 0.421 e. The highest BCUT2D eigenvalue weighted by Gasteiger charge is 2.10. The number of halogens is 2. The van der Waals surface area contributed by atoms with Gasteiger partial charge in [0, 0.05) is 16.8 Å². The summed E-state index contributed by atoms with van der Waals surface area (Å²) in [4.78, 5) is 0.